The molecule has 6 heteroatoms. The molecule has 2 aromatic rings. The molecule has 0 aliphatic heterocycles. The van der Waals surface area contributed by atoms with Gasteiger partial charge in [-0.3, -0.25) is 4.98 Å². The van der Waals surface area contributed by atoms with Crippen molar-refractivity contribution in [3.05, 3.63) is 35.1 Å². The van der Waals surface area contributed by atoms with Gasteiger partial charge in [0.15, 0.2) is 10.8 Å². The van der Waals surface area contributed by atoms with Crippen LogP contribution in [0.3, 0.4) is 0 Å². The molecule has 0 aliphatic rings. The number of nitrogens with zero attached hydrogens (tertiary/aromatic N) is 2. The van der Waals surface area contributed by atoms with Crippen LogP contribution in [0.1, 0.15) is 16.2 Å². The van der Waals surface area contributed by atoms with Gasteiger partial charge in [0.05, 0.1) is 19.0 Å². The highest BCUT2D eigenvalue weighted by Crippen LogP contribution is 2.20. The van der Waals surface area contributed by atoms with E-state index in [1.807, 2.05) is 19.1 Å². The third-order valence-electron chi connectivity index (χ3n) is 2.06. The van der Waals surface area contributed by atoms with Gasteiger partial charge >= 0.3 is 5.97 Å². The van der Waals surface area contributed by atoms with Gasteiger partial charge < -0.3 is 10.1 Å². The topological polar surface area (TPSA) is 64.1 Å². The lowest BCUT2D eigenvalue weighted by molar-refractivity contribution is 0.0595. The highest BCUT2D eigenvalue weighted by atomic mass is 32.1. The van der Waals surface area contributed by atoms with Crippen molar-refractivity contribution in [2.45, 2.75) is 6.92 Å². The minimum absolute atomic E-state index is 0.306. The number of hydrogen-bond donors (Lipinski definition) is 1. The Morgan fingerprint density at radius 2 is 2.29 bits per heavy atom. The van der Waals surface area contributed by atoms with Crippen LogP contribution in [0, 0.1) is 6.92 Å². The summed E-state index contributed by atoms with van der Waals surface area (Å²) < 4.78 is 4.58. The Balaban J connectivity index is 2.11. The van der Waals surface area contributed by atoms with E-state index in [4.69, 9.17) is 0 Å². The van der Waals surface area contributed by atoms with Crippen molar-refractivity contribution in [1.29, 1.82) is 0 Å². The van der Waals surface area contributed by atoms with Crippen LogP contribution in [0.25, 0.3) is 0 Å². The van der Waals surface area contributed by atoms with Crippen molar-refractivity contribution >= 4 is 28.1 Å². The van der Waals surface area contributed by atoms with Crippen LogP contribution in [0.15, 0.2) is 23.7 Å². The second-order valence-electron chi connectivity index (χ2n) is 3.34. The summed E-state index contributed by atoms with van der Waals surface area (Å²) in [5.74, 6) is -0.434. The second kappa shape index (κ2) is 4.92. The molecular formula is C11H11N3O2S. The number of thiazole rings is 1. The van der Waals surface area contributed by atoms with E-state index >= 15 is 0 Å². The van der Waals surface area contributed by atoms with E-state index in [-0.39, 0.29) is 0 Å². The monoisotopic (exact) mass is 249 g/mol. The minimum atomic E-state index is -0.434. The van der Waals surface area contributed by atoms with Crippen molar-refractivity contribution in [3.8, 4) is 0 Å². The van der Waals surface area contributed by atoms with Gasteiger partial charge in [-0.05, 0) is 19.1 Å². The molecule has 0 aliphatic carbocycles. The van der Waals surface area contributed by atoms with Crippen LogP contribution in [0.5, 0.6) is 0 Å². The molecule has 0 atom stereocenters. The van der Waals surface area contributed by atoms with Crippen molar-refractivity contribution < 1.29 is 9.53 Å². The molecule has 2 aromatic heterocycles. The maximum Gasteiger partial charge on any atom is 0.357 e. The van der Waals surface area contributed by atoms with Gasteiger partial charge in [-0.1, -0.05) is 0 Å². The second-order valence-corrected chi connectivity index (χ2v) is 4.20. The number of esters is 1. The highest BCUT2D eigenvalue weighted by molar-refractivity contribution is 7.14. The molecule has 0 saturated carbocycles. The molecule has 1 N–H and O–H groups in total. The molecule has 17 heavy (non-hydrogen) atoms. The van der Waals surface area contributed by atoms with Gasteiger partial charge in [-0.15, -0.1) is 11.3 Å². The first kappa shape index (κ1) is 11.5. The van der Waals surface area contributed by atoms with Gasteiger partial charge in [0.1, 0.15) is 0 Å². The first-order chi connectivity index (χ1) is 8.19. The summed E-state index contributed by atoms with van der Waals surface area (Å²) in [6, 6.07) is 3.80. The number of anilines is 2. The molecular weight excluding hydrogens is 238 g/mol. The van der Waals surface area contributed by atoms with Crippen LogP contribution < -0.4 is 5.32 Å². The number of carbonyl (C=O) groups excluding carboxylic acids is 1. The third-order valence-corrected chi connectivity index (χ3v) is 2.82. The van der Waals surface area contributed by atoms with Crippen molar-refractivity contribution in [3.63, 3.8) is 0 Å². The van der Waals surface area contributed by atoms with E-state index < -0.39 is 5.97 Å². The maximum atomic E-state index is 11.2. The summed E-state index contributed by atoms with van der Waals surface area (Å²) in [5.41, 5.74) is 2.09. The quantitative estimate of drug-likeness (QED) is 0.846. The number of nitrogens with one attached hydrogen (secondary N) is 1. The molecule has 2 rings (SSSR count). The predicted octanol–water partition coefficient (Wildman–Crippen LogP) is 2.38. The normalized spacial score (nSPS) is 10.0. The Morgan fingerprint density at radius 3 is 2.94 bits per heavy atom. The summed E-state index contributed by atoms with van der Waals surface area (Å²) in [5, 5.41) is 5.35. The fourth-order valence-electron chi connectivity index (χ4n) is 1.19. The molecule has 0 bridgehead atoms. The van der Waals surface area contributed by atoms with Crippen molar-refractivity contribution in [2.24, 2.45) is 0 Å². The Bertz CT molecular complexity index is 522. The van der Waals surface area contributed by atoms with Gasteiger partial charge in [-0.25, -0.2) is 9.78 Å². The lowest BCUT2D eigenvalue weighted by atomic mass is 10.3. The molecule has 0 unspecified atom stereocenters. The van der Waals surface area contributed by atoms with Crippen molar-refractivity contribution in [2.75, 3.05) is 12.4 Å². The molecule has 0 saturated heterocycles. The van der Waals surface area contributed by atoms with Gasteiger partial charge in [0.2, 0.25) is 0 Å². The molecule has 88 valence electrons. The number of hydrogen-bond acceptors (Lipinski definition) is 6. The van der Waals surface area contributed by atoms with Gasteiger partial charge in [-0.2, -0.15) is 0 Å². The number of ether oxygens (including phenoxy) is 1. The summed E-state index contributed by atoms with van der Waals surface area (Å²) in [6.07, 6.45) is 1.72. The summed E-state index contributed by atoms with van der Waals surface area (Å²) in [4.78, 5) is 19.5. The zero-order valence-electron chi connectivity index (χ0n) is 9.43. The molecule has 2 heterocycles. The van der Waals surface area contributed by atoms with E-state index in [0.29, 0.717) is 10.8 Å². The number of aryl methyl sites for hydroxylation is 1. The van der Waals surface area contributed by atoms with Crippen LogP contribution in [-0.2, 0) is 4.74 Å². The zero-order valence-corrected chi connectivity index (χ0v) is 10.2. The van der Waals surface area contributed by atoms with Crippen LogP contribution in [-0.4, -0.2) is 23.0 Å². The van der Waals surface area contributed by atoms with E-state index in [1.165, 1.54) is 18.4 Å². The van der Waals surface area contributed by atoms with E-state index in [9.17, 15) is 4.79 Å². The standard InChI is InChI=1S/C11H11N3O2S/c1-7-3-4-8(5-12-7)13-11-14-9(6-17-11)10(15)16-2/h3-6H,1-2H3,(H,13,14). The molecule has 0 radical (unpaired) electrons. The first-order valence-electron chi connectivity index (χ1n) is 4.92. The van der Waals surface area contributed by atoms with Gasteiger partial charge in [0, 0.05) is 11.1 Å². The average molecular weight is 249 g/mol. The lowest BCUT2D eigenvalue weighted by Crippen LogP contribution is -2.01. The first-order valence-corrected chi connectivity index (χ1v) is 5.80. The Labute approximate surface area is 102 Å². The maximum absolute atomic E-state index is 11.2. The Morgan fingerprint density at radius 1 is 1.47 bits per heavy atom. The Kier molecular flexibility index (Phi) is 3.34. The molecule has 0 spiro atoms. The predicted molar refractivity (Wildman–Crippen MR) is 65.7 cm³/mol. The van der Waals surface area contributed by atoms with E-state index in [1.54, 1.807) is 11.6 Å². The molecule has 0 fully saturated rings. The van der Waals surface area contributed by atoms with Crippen LogP contribution in [0.4, 0.5) is 10.8 Å². The van der Waals surface area contributed by atoms with E-state index in [2.05, 4.69) is 20.0 Å². The summed E-state index contributed by atoms with van der Waals surface area (Å²) in [7, 11) is 1.33. The number of rotatable bonds is 3. The number of pyridine rings is 1. The molecule has 5 nitrogen and oxygen atoms in total. The highest BCUT2D eigenvalue weighted by Gasteiger charge is 2.10. The fourth-order valence-corrected chi connectivity index (χ4v) is 1.89. The summed E-state index contributed by atoms with van der Waals surface area (Å²) in [6.45, 7) is 1.92. The zero-order chi connectivity index (χ0) is 12.3. The molecule has 0 aromatic carbocycles. The summed E-state index contributed by atoms with van der Waals surface area (Å²) >= 11 is 1.34. The van der Waals surface area contributed by atoms with E-state index in [0.717, 1.165) is 11.4 Å². The third kappa shape index (κ3) is 2.79. The number of aromatic nitrogens is 2. The number of methoxy groups -OCH3 is 1. The van der Waals surface area contributed by atoms with Crippen LogP contribution in [0.2, 0.25) is 0 Å². The minimum Gasteiger partial charge on any atom is -0.464 e. The Hall–Kier alpha value is -1.95. The van der Waals surface area contributed by atoms with Crippen molar-refractivity contribution in [1.82, 2.24) is 9.97 Å². The largest absolute Gasteiger partial charge is 0.464 e. The SMILES string of the molecule is COC(=O)c1csc(Nc2ccc(C)nc2)n1. The van der Waals surface area contributed by atoms with Gasteiger partial charge in [0.25, 0.3) is 0 Å². The molecule has 0 amide bonds. The average Bonchev–Trinajstić information content (AvgIpc) is 2.80. The fraction of sp³-hybridized carbons (Fsp3) is 0.182. The lowest BCUT2D eigenvalue weighted by Gasteiger charge is -2.01. The smallest absolute Gasteiger partial charge is 0.357 e. The van der Waals surface area contributed by atoms with Crippen LogP contribution >= 0.6 is 11.3 Å². The number of carbonyl (C=O) groups is 1.